The number of aromatic amines is 1. The monoisotopic (exact) mass is 446 g/mol. The second-order valence-electron chi connectivity index (χ2n) is 8.97. The highest BCUT2D eigenvalue weighted by molar-refractivity contribution is 5.81. The summed E-state index contributed by atoms with van der Waals surface area (Å²) >= 11 is 0. The number of benzene rings is 1. The summed E-state index contributed by atoms with van der Waals surface area (Å²) in [5.74, 6) is 1.63. The molecule has 5 rings (SSSR count). The second kappa shape index (κ2) is 9.31. The van der Waals surface area contributed by atoms with E-state index in [9.17, 15) is 4.79 Å². The summed E-state index contributed by atoms with van der Waals surface area (Å²) in [7, 11) is 0. The fourth-order valence-electron chi connectivity index (χ4n) is 5.15. The van der Waals surface area contributed by atoms with Gasteiger partial charge < -0.3 is 9.40 Å². The summed E-state index contributed by atoms with van der Waals surface area (Å²) in [5.41, 5.74) is 2.74. The predicted molar refractivity (Wildman–Crippen MR) is 126 cm³/mol. The van der Waals surface area contributed by atoms with Gasteiger partial charge in [0.25, 0.3) is 5.56 Å². The van der Waals surface area contributed by atoms with Gasteiger partial charge >= 0.3 is 0 Å². The van der Waals surface area contributed by atoms with Gasteiger partial charge in [-0.15, -0.1) is 5.10 Å². The van der Waals surface area contributed by atoms with Gasteiger partial charge in [-0.2, -0.15) is 0 Å². The number of aromatic nitrogens is 5. The SMILES string of the molecule is CC[C@@H](c1nnnn1Cc1ccco1)N(Cc1cc2cccc(C)c2[nH]c1=O)C1CCCC1. The zero-order chi connectivity index (χ0) is 22.8. The molecule has 0 saturated heterocycles. The van der Waals surface area contributed by atoms with Crippen molar-refractivity contribution in [1.29, 1.82) is 0 Å². The molecule has 1 saturated carbocycles. The molecule has 0 amide bonds. The van der Waals surface area contributed by atoms with Crippen LogP contribution < -0.4 is 5.56 Å². The number of nitrogens with zero attached hydrogens (tertiary/aromatic N) is 5. The van der Waals surface area contributed by atoms with E-state index in [1.807, 2.05) is 41.9 Å². The predicted octanol–water partition coefficient (Wildman–Crippen LogP) is 4.36. The fourth-order valence-corrected chi connectivity index (χ4v) is 5.15. The van der Waals surface area contributed by atoms with E-state index >= 15 is 0 Å². The molecular formula is C25H30N6O2. The van der Waals surface area contributed by atoms with Crippen LogP contribution in [0.25, 0.3) is 10.9 Å². The first kappa shape index (κ1) is 21.6. The number of furan rings is 1. The van der Waals surface area contributed by atoms with Crippen molar-refractivity contribution >= 4 is 10.9 Å². The molecule has 0 bridgehead atoms. The normalized spacial score (nSPS) is 15.6. The smallest absolute Gasteiger partial charge is 0.252 e. The van der Waals surface area contributed by atoms with Crippen LogP contribution in [0.1, 0.15) is 67.8 Å². The highest BCUT2D eigenvalue weighted by Gasteiger charge is 2.32. The van der Waals surface area contributed by atoms with E-state index in [-0.39, 0.29) is 11.6 Å². The van der Waals surface area contributed by atoms with Gasteiger partial charge in [-0.3, -0.25) is 9.69 Å². The van der Waals surface area contributed by atoms with Crippen molar-refractivity contribution < 1.29 is 4.42 Å². The topological polar surface area (TPSA) is 92.8 Å². The van der Waals surface area contributed by atoms with Crippen molar-refractivity contribution in [2.75, 3.05) is 0 Å². The summed E-state index contributed by atoms with van der Waals surface area (Å²) in [6.45, 7) is 5.23. The van der Waals surface area contributed by atoms with Crippen LogP contribution in [0.15, 0.2) is 51.9 Å². The van der Waals surface area contributed by atoms with E-state index in [1.165, 1.54) is 12.8 Å². The lowest BCUT2D eigenvalue weighted by Crippen LogP contribution is -2.39. The van der Waals surface area contributed by atoms with Gasteiger partial charge in [-0.05, 0) is 65.8 Å². The first-order valence-corrected chi connectivity index (χ1v) is 11.8. The molecular weight excluding hydrogens is 416 g/mol. The quantitative estimate of drug-likeness (QED) is 0.432. The highest BCUT2D eigenvalue weighted by Crippen LogP contribution is 2.33. The van der Waals surface area contributed by atoms with E-state index < -0.39 is 0 Å². The summed E-state index contributed by atoms with van der Waals surface area (Å²) in [6.07, 6.45) is 7.18. The molecule has 0 radical (unpaired) electrons. The summed E-state index contributed by atoms with van der Waals surface area (Å²) in [5, 5.41) is 13.7. The Balaban J connectivity index is 1.51. The van der Waals surface area contributed by atoms with E-state index in [0.29, 0.717) is 19.1 Å². The van der Waals surface area contributed by atoms with E-state index in [0.717, 1.165) is 52.9 Å². The maximum atomic E-state index is 13.1. The van der Waals surface area contributed by atoms with Crippen molar-refractivity contribution in [1.82, 2.24) is 30.1 Å². The molecule has 1 fully saturated rings. The van der Waals surface area contributed by atoms with Gasteiger partial charge in [-0.1, -0.05) is 38.0 Å². The Morgan fingerprint density at radius 1 is 1.24 bits per heavy atom. The lowest BCUT2D eigenvalue weighted by atomic mass is 10.0. The van der Waals surface area contributed by atoms with Crippen molar-refractivity contribution in [3.8, 4) is 0 Å². The molecule has 3 aromatic heterocycles. The number of hydrogen-bond acceptors (Lipinski definition) is 6. The molecule has 0 unspecified atom stereocenters. The first-order chi connectivity index (χ1) is 16.1. The minimum absolute atomic E-state index is 0.00525. The van der Waals surface area contributed by atoms with Crippen molar-refractivity contribution in [3.05, 3.63) is 75.7 Å². The maximum Gasteiger partial charge on any atom is 0.252 e. The molecule has 0 aliphatic heterocycles. The van der Waals surface area contributed by atoms with E-state index in [2.05, 4.69) is 38.4 Å². The van der Waals surface area contributed by atoms with Crippen LogP contribution in [-0.4, -0.2) is 36.1 Å². The van der Waals surface area contributed by atoms with Crippen LogP contribution in [0.5, 0.6) is 0 Å². The molecule has 8 heteroatoms. The molecule has 1 N–H and O–H groups in total. The first-order valence-electron chi connectivity index (χ1n) is 11.8. The molecule has 33 heavy (non-hydrogen) atoms. The number of rotatable bonds is 8. The number of hydrogen-bond donors (Lipinski definition) is 1. The van der Waals surface area contributed by atoms with Crippen LogP contribution in [-0.2, 0) is 13.1 Å². The summed E-state index contributed by atoms with van der Waals surface area (Å²) < 4.78 is 7.34. The standard InChI is InChI=1S/C25H30N6O2/c1-3-22(24-27-28-29-31(24)16-21-12-7-13-33-21)30(20-10-4-5-11-20)15-19-14-18-9-6-8-17(2)23(18)26-25(19)32/h6-9,12-14,20,22H,3-5,10-11,15-16H2,1-2H3,(H,26,32)/t22-/m0/s1. The van der Waals surface area contributed by atoms with Crippen LogP contribution in [0.4, 0.5) is 0 Å². The van der Waals surface area contributed by atoms with Gasteiger partial charge in [0.05, 0.1) is 17.8 Å². The van der Waals surface area contributed by atoms with Crippen molar-refractivity contribution in [2.24, 2.45) is 0 Å². The van der Waals surface area contributed by atoms with Crippen LogP contribution in [0.2, 0.25) is 0 Å². The number of para-hydroxylation sites is 1. The molecule has 1 aliphatic rings. The maximum absolute atomic E-state index is 13.1. The summed E-state index contributed by atoms with van der Waals surface area (Å²) in [6, 6.07) is 12.4. The van der Waals surface area contributed by atoms with Crippen LogP contribution in [0.3, 0.4) is 0 Å². The van der Waals surface area contributed by atoms with Crippen molar-refractivity contribution in [2.45, 2.75) is 71.1 Å². The molecule has 1 aromatic carbocycles. The third kappa shape index (κ3) is 4.35. The minimum Gasteiger partial charge on any atom is -0.467 e. The third-order valence-corrected chi connectivity index (χ3v) is 6.84. The average Bonchev–Trinajstić information content (AvgIpc) is 3.59. The molecule has 8 nitrogen and oxygen atoms in total. The fraction of sp³-hybridized carbons (Fsp3) is 0.440. The summed E-state index contributed by atoms with van der Waals surface area (Å²) in [4.78, 5) is 18.6. The molecule has 0 spiro atoms. The molecule has 3 heterocycles. The Morgan fingerprint density at radius 3 is 2.85 bits per heavy atom. The average molecular weight is 447 g/mol. The van der Waals surface area contributed by atoms with E-state index in [1.54, 1.807) is 6.26 Å². The minimum atomic E-state index is -0.0233. The second-order valence-corrected chi connectivity index (χ2v) is 8.97. The lowest BCUT2D eigenvalue weighted by molar-refractivity contribution is 0.112. The highest BCUT2D eigenvalue weighted by atomic mass is 16.3. The Hall–Kier alpha value is -3.26. The van der Waals surface area contributed by atoms with E-state index in [4.69, 9.17) is 4.42 Å². The molecule has 1 aliphatic carbocycles. The number of H-pyrrole nitrogens is 1. The lowest BCUT2D eigenvalue weighted by Gasteiger charge is -2.35. The largest absolute Gasteiger partial charge is 0.467 e. The van der Waals surface area contributed by atoms with Crippen LogP contribution in [0, 0.1) is 6.92 Å². The Kier molecular flexibility index (Phi) is 6.09. The van der Waals surface area contributed by atoms with Gasteiger partial charge in [-0.25, -0.2) is 4.68 Å². The molecule has 4 aromatic rings. The molecule has 1 atom stereocenters. The molecule has 172 valence electrons. The third-order valence-electron chi connectivity index (χ3n) is 6.84. The van der Waals surface area contributed by atoms with Gasteiger partial charge in [0.15, 0.2) is 5.82 Å². The van der Waals surface area contributed by atoms with Gasteiger partial charge in [0, 0.05) is 18.2 Å². The number of pyridine rings is 1. The Bertz CT molecular complexity index is 1270. The Morgan fingerprint density at radius 2 is 2.09 bits per heavy atom. The number of fused-ring (bicyclic) bond motifs is 1. The Labute approximate surface area is 192 Å². The van der Waals surface area contributed by atoms with Crippen LogP contribution >= 0.6 is 0 Å². The number of tetrazole rings is 1. The number of nitrogens with one attached hydrogen (secondary N) is 1. The van der Waals surface area contributed by atoms with Gasteiger partial charge in [0.1, 0.15) is 12.3 Å². The van der Waals surface area contributed by atoms with Crippen molar-refractivity contribution in [3.63, 3.8) is 0 Å². The zero-order valence-electron chi connectivity index (χ0n) is 19.2. The number of aryl methyl sites for hydroxylation is 1. The zero-order valence-corrected chi connectivity index (χ0v) is 19.2. The van der Waals surface area contributed by atoms with Gasteiger partial charge in [0.2, 0.25) is 0 Å².